The molecule has 0 aliphatic carbocycles. The third-order valence-corrected chi connectivity index (χ3v) is 1.88. The highest BCUT2D eigenvalue weighted by Gasteiger charge is 1.83. The largest absolute Gasteiger partial charge is 0.438 e. The van der Waals surface area contributed by atoms with Crippen molar-refractivity contribution in [1.82, 2.24) is 0 Å². The zero-order chi connectivity index (χ0) is 5.54. The SMILES string of the molecule is O[SiH2]CCCCCl. The van der Waals surface area contributed by atoms with E-state index in [0.717, 1.165) is 24.8 Å². The predicted molar refractivity (Wildman–Crippen MR) is 35.5 cm³/mol. The summed E-state index contributed by atoms with van der Waals surface area (Å²) in [6, 6.07) is 1.03. The summed E-state index contributed by atoms with van der Waals surface area (Å²) in [7, 11) is -0.665. The van der Waals surface area contributed by atoms with E-state index in [1.807, 2.05) is 0 Å². The summed E-state index contributed by atoms with van der Waals surface area (Å²) in [5.74, 6) is 0.744. The molecule has 7 heavy (non-hydrogen) atoms. The fraction of sp³-hybridized carbons (Fsp3) is 1.00. The molecule has 1 N–H and O–H groups in total. The van der Waals surface area contributed by atoms with Crippen LogP contribution in [0.5, 0.6) is 0 Å². The van der Waals surface area contributed by atoms with Crippen LogP contribution in [0.4, 0.5) is 0 Å². The second-order valence-electron chi connectivity index (χ2n) is 1.47. The van der Waals surface area contributed by atoms with Crippen molar-refractivity contribution >= 4 is 21.4 Å². The van der Waals surface area contributed by atoms with Gasteiger partial charge in [0.15, 0.2) is 9.76 Å². The summed E-state index contributed by atoms with van der Waals surface area (Å²) in [5.41, 5.74) is 0. The lowest BCUT2D eigenvalue weighted by Crippen LogP contribution is -1.85. The molecule has 0 heterocycles. The van der Waals surface area contributed by atoms with Crippen molar-refractivity contribution in [3.63, 3.8) is 0 Å². The van der Waals surface area contributed by atoms with Gasteiger partial charge in [0, 0.05) is 5.88 Å². The van der Waals surface area contributed by atoms with E-state index >= 15 is 0 Å². The Balaban J connectivity index is 2.45. The van der Waals surface area contributed by atoms with Crippen LogP contribution in [-0.4, -0.2) is 20.4 Å². The van der Waals surface area contributed by atoms with Crippen molar-refractivity contribution in [2.75, 3.05) is 5.88 Å². The molecule has 44 valence electrons. The van der Waals surface area contributed by atoms with E-state index in [9.17, 15) is 0 Å². The smallest absolute Gasteiger partial charge is 0.156 e. The van der Waals surface area contributed by atoms with Crippen LogP contribution in [0.2, 0.25) is 6.04 Å². The van der Waals surface area contributed by atoms with Gasteiger partial charge in [0.05, 0.1) is 0 Å². The molecule has 0 atom stereocenters. The zero-order valence-electron chi connectivity index (χ0n) is 4.36. The second kappa shape index (κ2) is 6.47. The van der Waals surface area contributed by atoms with Gasteiger partial charge in [-0.05, 0) is 12.5 Å². The molecule has 0 aromatic heterocycles. The van der Waals surface area contributed by atoms with E-state index in [1.54, 1.807) is 0 Å². The summed E-state index contributed by atoms with van der Waals surface area (Å²) in [4.78, 5) is 8.39. The highest BCUT2D eigenvalue weighted by Crippen LogP contribution is 1.94. The molecule has 0 amide bonds. The molecule has 0 aliphatic heterocycles. The molecule has 3 heteroatoms. The van der Waals surface area contributed by atoms with Crippen LogP contribution in [0.15, 0.2) is 0 Å². The van der Waals surface area contributed by atoms with Crippen LogP contribution in [-0.2, 0) is 0 Å². The first-order chi connectivity index (χ1) is 3.41. The van der Waals surface area contributed by atoms with Gasteiger partial charge in [0.25, 0.3) is 0 Å². The van der Waals surface area contributed by atoms with E-state index in [1.165, 1.54) is 0 Å². The lowest BCUT2D eigenvalue weighted by atomic mass is 10.4. The number of unbranched alkanes of at least 4 members (excludes halogenated alkanes) is 1. The third-order valence-electron chi connectivity index (χ3n) is 0.792. The van der Waals surface area contributed by atoms with Gasteiger partial charge < -0.3 is 4.80 Å². The van der Waals surface area contributed by atoms with Gasteiger partial charge in [0.2, 0.25) is 0 Å². The molecule has 0 rings (SSSR count). The number of rotatable bonds is 4. The van der Waals surface area contributed by atoms with Crippen LogP contribution in [0, 0.1) is 0 Å². The molecule has 0 aromatic rings. The lowest BCUT2D eigenvalue weighted by Gasteiger charge is -1.88. The van der Waals surface area contributed by atoms with E-state index < -0.39 is 9.76 Å². The standard InChI is InChI=1S/C4H11ClOSi/c5-3-1-2-4-7-6/h6H,1-4,7H2. The maximum absolute atomic E-state index is 8.39. The predicted octanol–water partition coefficient (Wildman–Crippen LogP) is 0.500. The first kappa shape index (κ1) is 7.47. The lowest BCUT2D eigenvalue weighted by molar-refractivity contribution is 0.595. The Kier molecular flexibility index (Phi) is 6.90. The first-order valence-electron chi connectivity index (χ1n) is 2.58. The maximum Gasteiger partial charge on any atom is 0.156 e. The van der Waals surface area contributed by atoms with Crippen molar-refractivity contribution in [2.24, 2.45) is 0 Å². The molecular weight excluding hydrogens is 128 g/mol. The zero-order valence-corrected chi connectivity index (χ0v) is 6.53. The van der Waals surface area contributed by atoms with Crippen LogP contribution >= 0.6 is 11.6 Å². The summed E-state index contributed by atoms with van der Waals surface area (Å²) in [6.45, 7) is 0. The monoisotopic (exact) mass is 138 g/mol. The minimum atomic E-state index is -0.665. The van der Waals surface area contributed by atoms with Gasteiger partial charge in [-0.25, -0.2) is 0 Å². The van der Waals surface area contributed by atoms with Crippen LogP contribution in [0.3, 0.4) is 0 Å². The molecule has 0 bridgehead atoms. The van der Waals surface area contributed by atoms with Crippen molar-refractivity contribution in [3.05, 3.63) is 0 Å². The van der Waals surface area contributed by atoms with Crippen molar-refractivity contribution < 1.29 is 4.80 Å². The summed E-state index contributed by atoms with van der Waals surface area (Å²) in [5, 5.41) is 0. The Bertz CT molecular complexity index is 30.9. The molecule has 0 aromatic carbocycles. The number of alkyl halides is 1. The van der Waals surface area contributed by atoms with Crippen LogP contribution in [0.25, 0.3) is 0 Å². The van der Waals surface area contributed by atoms with Gasteiger partial charge in [-0.1, -0.05) is 6.42 Å². The Morgan fingerprint density at radius 1 is 1.43 bits per heavy atom. The molecule has 0 fully saturated rings. The summed E-state index contributed by atoms with van der Waals surface area (Å²) in [6.07, 6.45) is 2.18. The first-order valence-corrected chi connectivity index (χ1v) is 4.75. The molecule has 0 radical (unpaired) electrons. The van der Waals surface area contributed by atoms with Gasteiger partial charge in [0.1, 0.15) is 0 Å². The normalized spacial score (nSPS) is 11.1. The average molecular weight is 139 g/mol. The second-order valence-corrected chi connectivity index (χ2v) is 3.01. The van der Waals surface area contributed by atoms with Crippen LogP contribution < -0.4 is 0 Å². The summed E-state index contributed by atoms with van der Waals surface area (Å²) >= 11 is 5.37. The average Bonchev–Trinajstić information content (AvgIpc) is 1.69. The van der Waals surface area contributed by atoms with Crippen molar-refractivity contribution in [2.45, 2.75) is 18.9 Å². The topological polar surface area (TPSA) is 20.2 Å². The number of hydrogen-bond donors (Lipinski definition) is 1. The van der Waals surface area contributed by atoms with Gasteiger partial charge in [-0.3, -0.25) is 0 Å². The summed E-state index contributed by atoms with van der Waals surface area (Å²) < 4.78 is 0. The molecule has 0 saturated carbocycles. The fourth-order valence-electron chi connectivity index (χ4n) is 0.383. The van der Waals surface area contributed by atoms with E-state index in [-0.39, 0.29) is 0 Å². The number of halogens is 1. The molecule has 1 nitrogen and oxygen atoms in total. The molecule has 0 unspecified atom stereocenters. The molecule has 0 saturated heterocycles. The van der Waals surface area contributed by atoms with Crippen molar-refractivity contribution in [3.8, 4) is 0 Å². The fourth-order valence-corrected chi connectivity index (χ4v) is 1.15. The maximum atomic E-state index is 8.39. The van der Waals surface area contributed by atoms with Crippen LogP contribution in [0.1, 0.15) is 12.8 Å². The minimum absolute atomic E-state index is 0.665. The number of hydrogen-bond acceptors (Lipinski definition) is 1. The molecule has 0 aliphatic rings. The molecular formula is C4H11ClOSi. The Morgan fingerprint density at radius 2 is 2.14 bits per heavy atom. The Labute approximate surface area is 51.6 Å². The van der Waals surface area contributed by atoms with E-state index in [0.29, 0.717) is 0 Å². The van der Waals surface area contributed by atoms with E-state index in [4.69, 9.17) is 16.4 Å². The highest BCUT2D eigenvalue weighted by molar-refractivity contribution is 6.25. The van der Waals surface area contributed by atoms with Gasteiger partial charge in [-0.2, -0.15) is 0 Å². The Hall–Kier alpha value is 0.467. The van der Waals surface area contributed by atoms with Gasteiger partial charge >= 0.3 is 0 Å². The highest BCUT2D eigenvalue weighted by atomic mass is 35.5. The quantitative estimate of drug-likeness (QED) is 0.341. The molecule has 0 spiro atoms. The third kappa shape index (κ3) is 6.47. The minimum Gasteiger partial charge on any atom is -0.438 e. The van der Waals surface area contributed by atoms with Crippen molar-refractivity contribution in [1.29, 1.82) is 0 Å². The van der Waals surface area contributed by atoms with E-state index in [2.05, 4.69) is 0 Å². The van der Waals surface area contributed by atoms with Gasteiger partial charge in [-0.15, -0.1) is 11.6 Å². The Morgan fingerprint density at radius 3 is 2.57 bits per heavy atom.